The van der Waals surface area contributed by atoms with Crippen LogP contribution >= 0.6 is 0 Å². The SMILES string of the molecule is COC(=O)c1ccccc1C(=O)Nc1ccc(C(=O)NO)cc1. The summed E-state index contributed by atoms with van der Waals surface area (Å²) in [6, 6.07) is 12.2. The standard InChI is InChI=1S/C16H14N2O5/c1-23-16(21)13-5-3-2-4-12(13)15(20)17-11-8-6-10(7-9-11)14(19)18-22/h2-9,22H,1H3,(H,17,20)(H,18,19). The Hall–Kier alpha value is -3.19. The number of methoxy groups -OCH3 is 1. The number of carbonyl (C=O) groups is 3. The molecule has 23 heavy (non-hydrogen) atoms. The molecule has 0 bridgehead atoms. The molecule has 118 valence electrons. The number of carbonyl (C=O) groups excluding carboxylic acids is 3. The number of nitrogens with one attached hydrogen (secondary N) is 2. The van der Waals surface area contributed by atoms with Crippen molar-refractivity contribution in [1.29, 1.82) is 0 Å². The summed E-state index contributed by atoms with van der Waals surface area (Å²) in [7, 11) is 1.24. The number of hydrogen-bond acceptors (Lipinski definition) is 5. The van der Waals surface area contributed by atoms with Crippen LogP contribution in [0.2, 0.25) is 0 Å². The van der Waals surface area contributed by atoms with Crippen LogP contribution in [0.15, 0.2) is 48.5 Å². The second kappa shape index (κ2) is 7.19. The van der Waals surface area contributed by atoms with Crippen LogP contribution in [0.5, 0.6) is 0 Å². The van der Waals surface area contributed by atoms with Crippen molar-refractivity contribution in [2.75, 3.05) is 12.4 Å². The average Bonchev–Trinajstić information content (AvgIpc) is 2.61. The summed E-state index contributed by atoms with van der Waals surface area (Å²) in [5.74, 6) is -1.74. The van der Waals surface area contributed by atoms with Gasteiger partial charge >= 0.3 is 5.97 Å². The summed E-state index contributed by atoms with van der Waals surface area (Å²) in [5, 5.41) is 11.2. The third kappa shape index (κ3) is 3.72. The second-order valence-electron chi connectivity index (χ2n) is 4.51. The Labute approximate surface area is 131 Å². The zero-order valence-corrected chi connectivity index (χ0v) is 12.2. The van der Waals surface area contributed by atoms with Gasteiger partial charge in [-0.2, -0.15) is 0 Å². The number of rotatable bonds is 4. The molecule has 0 aliphatic heterocycles. The summed E-state index contributed by atoms with van der Waals surface area (Å²) in [5.41, 5.74) is 2.52. The first kappa shape index (κ1) is 16.2. The van der Waals surface area contributed by atoms with Crippen molar-refractivity contribution in [3.63, 3.8) is 0 Å². The highest BCUT2D eigenvalue weighted by atomic mass is 16.5. The van der Waals surface area contributed by atoms with Crippen LogP contribution < -0.4 is 10.8 Å². The molecule has 7 heteroatoms. The Balaban J connectivity index is 2.20. The largest absolute Gasteiger partial charge is 0.465 e. The maximum Gasteiger partial charge on any atom is 0.338 e. The molecule has 0 aromatic heterocycles. The van der Waals surface area contributed by atoms with Gasteiger partial charge in [0.1, 0.15) is 0 Å². The first-order chi connectivity index (χ1) is 11.1. The van der Waals surface area contributed by atoms with Gasteiger partial charge in [0.25, 0.3) is 11.8 Å². The van der Waals surface area contributed by atoms with E-state index < -0.39 is 17.8 Å². The van der Waals surface area contributed by atoms with E-state index in [1.54, 1.807) is 12.1 Å². The highest BCUT2D eigenvalue weighted by Gasteiger charge is 2.17. The molecule has 0 aliphatic carbocycles. The number of benzene rings is 2. The van der Waals surface area contributed by atoms with Gasteiger partial charge < -0.3 is 10.1 Å². The molecular weight excluding hydrogens is 300 g/mol. The lowest BCUT2D eigenvalue weighted by Gasteiger charge is -2.09. The fourth-order valence-electron chi connectivity index (χ4n) is 1.94. The third-order valence-electron chi connectivity index (χ3n) is 3.08. The molecule has 7 nitrogen and oxygen atoms in total. The van der Waals surface area contributed by atoms with Crippen molar-refractivity contribution < 1.29 is 24.3 Å². The van der Waals surface area contributed by atoms with Crippen molar-refractivity contribution in [3.8, 4) is 0 Å². The van der Waals surface area contributed by atoms with E-state index in [0.717, 1.165) is 0 Å². The summed E-state index contributed by atoms with van der Waals surface area (Å²) < 4.78 is 4.64. The normalized spacial score (nSPS) is 9.83. The average molecular weight is 314 g/mol. The van der Waals surface area contributed by atoms with Gasteiger partial charge in [-0.05, 0) is 36.4 Å². The maximum atomic E-state index is 12.3. The molecular formula is C16H14N2O5. The Morgan fingerprint density at radius 2 is 1.52 bits per heavy atom. The quantitative estimate of drug-likeness (QED) is 0.454. The summed E-state index contributed by atoms with van der Waals surface area (Å²) in [6.07, 6.45) is 0. The van der Waals surface area contributed by atoms with E-state index in [9.17, 15) is 14.4 Å². The number of hydroxylamine groups is 1. The molecule has 2 aromatic carbocycles. The fourth-order valence-corrected chi connectivity index (χ4v) is 1.94. The van der Waals surface area contributed by atoms with Crippen LogP contribution in [0.1, 0.15) is 31.1 Å². The van der Waals surface area contributed by atoms with Gasteiger partial charge in [0.15, 0.2) is 0 Å². The highest BCUT2D eigenvalue weighted by Crippen LogP contribution is 2.15. The van der Waals surface area contributed by atoms with Gasteiger partial charge in [0.2, 0.25) is 0 Å². The molecule has 2 aromatic rings. The van der Waals surface area contributed by atoms with E-state index >= 15 is 0 Å². The van der Waals surface area contributed by atoms with Gasteiger partial charge in [-0.1, -0.05) is 12.1 Å². The number of hydrogen-bond donors (Lipinski definition) is 3. The monoisotopic (exact) mass is 314 g/mol. The first-order valence-electron chi connectivity index (χ1n) is 6.60. The Kier molecular flexibility index (Phi) is 5.06. The van der Waals surface area contributed by atoms with Crippen LogP contribution in [-0.2, 0) is 4.74 Å². The molecule has 0 saturated heterocycles. The Bertz CT molecular complexity index is 740. The molecule has 0 aliphatic rings. The highest BCUT2D eigenvalue weighted by molar-refractivity contribution is 6.11. The smallest absolute Gasteiger partial charge is 0.338 e. The zero-order valence-electron chi connectivity index (χ0n) is 12.2. The van der Waals surface area contributed by atoms with E-state index in [0.29, 0.717) is 5.69 Å². The maximum absolute atomic E-state index is 12.3. The number of ether oxygens (including phenoxy) is 1. The van der Waals surface area contributed by atoms with Crippen molar-refractivity contribution in [2.24, 2.45) is 0 Å². The molecule has 0 radical (unpaired) electrons. The molecule has 0 fully saturated rings. The first-order valence-corrected chi connectivity index (χ1v) is 6.60. The van der Waals surface area contributed by atoms with E-state index in [4.69, 9.17) is 5.21 Å². The Morgan fingerprint density at radius 1 is 0.913 bits per heavy atom. The minimum absolute atomic E-state index is 0.156. The van der Waals surface area contributed by atoms with Crippen LogP contribution in [0, 0.1) is 0 Å². The van der Waals surface area contributed by atoms with Crippen LogP contribution in [0.25, 0.3) is 0 Å². The molecule has 2 rings (SSSR count). The van der Waals surface area contributed by atoms with E-state index in [1.165, 1.54) is 49.0 Å². The van der Waals surface area contributed by atoms with E-state index in [2.05, 4.69) is 10.1 Å². The molecule has 0 unspecified atom stereocenters. The molecule has 0 heterocycles. The topological polar surface area (TPSA) is 105 Å². The summed E-state index contributed by atoms with van der Waals surface area (Å²) >= 11 is 0. The molecule has 0 atom stereocenters. The summed E-state index contributed by atoms with van der Waals surface area (Å²) in [6.45, 7) is 0. The molecule has 0 spiro atoms. The number of anilines is 1. The predicted octanol–water partition coefficient (Wildman–Crippen LogP) is 1.84. The predicted molar refractivity (Wildman–Crippen MR) is 81.4 cm³/mol. The van der Waals surface area contributed by atoms with Crippen LogP contribution in [-0.4, -0.2) is 30.1 Å². The lowest BCUT2D eigenvalue weighted by molar-refractivity contribution is 0.0597. The molecule has 3 N–H and O–H groups in total. The van der Waals surface area contributed by atoms with Gasteiger partial charge in [0.05, 0.1) is 18.2 Å². The summed E-state index contributed by atoms with van der Waals surface area (Å²) in [4.78, 5) is 35.2. The minimum Gasteiger partial charge on any atom is -0.465 e. The lowest BCUT2D eigenvalue weighted by Crippen LogP contribution is -2.19. The van der Waals surface area contributed by atoms with Gasteiger partial charge in [0, 0.05) is 11.3 Å². The van der Waals surface area contributed by atoms with Crippen LogP contribution in [0.3, 0.4) is 0 Å². The van der Waals surface area contributed by atoms with E-state index in [-0.39, 0.29) is 16.7 Å². The zero-order chi connectivity index (χ0) is 16.8. The van der Waals surface area contributed by atoms with Crippen molar-refractivity contribution in [3.05, 3.63) is 65.2 Å². The van der Waals surface area contributed by atoms with Crippen molar-refractivity contribution in [2.45, 2.75) is 0 Å². The molecule has 0 saturated carbocycles. The number of esters is 1. The van der Waals surface area contributed by atoms with Crippen LogP contribution in [0.4, 0.5) is 5.69 Å². The van der Waals surface area contributed by atoms with Crippen molar-refractivity contribution in [1.82, 2.24) is 5.48 Å². The fraction of sp³-hybridized carbons (Fsp3) is 0.0625. The number of amides is 2. The molecule has 2 amide bonds. The van der Waals surface area contributed by atoms with Gasteiger partial charge in [-0.3, -0.25) is 14.8 Å². The van der Waals surface area contributed by atoms with Gasteiger partial charge in [-0.15, -0.1) is 0 Å². The van der Waals surface area contributed by atoms with Gasteiger partial charge in [-0.25, -0.2) is 10.3 Å². The van der Waals surface area contributed by atoms with E-state index in [1.807, 2.05) is 0 Å². The second-order valence-corrected chi connectivity index (χ2v) is 4.51. The Morgan fingerprint density at radius 3 is 2.09 bits per heavy atom. The lowest BCUT2D eigenvalue weighted by atomic mass is 10.1. The minimum atomic E-state index is -0.654. The third-order valence-corrected chi connectivity index (χ3v) is 3.08. The van der Waals surface area contributed by atoms with Crippen molar-refractivity contribution >= 4 is 23.5 Å².